The standard InChI is InChI=1S/C13H16N2Se/c1-10-13(2,3)15(4)12(16-10)14-11-8-6-5-7-9-11/h5-9H,1H2,2-4H3. The van der Waals surface area contributed by atoms with Gasteiger partial charge in [-0.15, -0.1) is 0 Å². The Hall–Kier alpha value is -1.05. The molecule has 1 aliphatic heterocycles. The molecule has 84 valence electrons. The number of hydrogen-bond acceptors (Lipinski definition) is 1. The van der Waals surface area contributed by atoms with Crippen LogP contribution in [0.15, 0.2) is 46.4 Å². The quantitative estimate of drug-likeness (QED) is 0.722. The van der Waals surface area contributed by atoms with Gasteiger partial charge in [0, 0.05) is 0 Å². The van der Waals surface area contributed by atoms with Crippen molar-refractivity contribution in [1.82, 2.24) is 4.90 Å². The summed E-state index contributed by atoms with van der Waals surface area (Å²) in [6, 6.07) is 10.1. The van der Waals surface area contributed by atoms with Crippen molar-refractivity contribution in [3.63, 3.8) is 0 Å². The first-order chi connectivity index (χ1) is 7.51. The van der Waals surface area contributed by atoms with Crippen molar-refractivity contribution in [3.8, 4) is 0 Å². The zero-order valence-corrected chi connectivity index (χ0v) is 11.6. The van der Waals surface area contributed by atoms with Crippen LogP contribution in [0, 0.1) is 0 Å². The second-order valence-corrected chi connectivity index (χ2v) is 6.60. The van der Waals surface area contributed by atoms with Crippen molar-refractivity contribution < 1.29 is 0 Å². The normalized spacial score (nSPS) is 21.8. The van der Waals surface area contributed by atoms with E-state index in [1.807, 2.05) is 30.3 Å². The average Bonchev–Trinajstić information content (AvgIpc) is 2.45. The van der Waals surface area contributed by atoms with E-state index in [9.17, 15) is 0 Å². The van der Waals surface area contributed by atoms with Gasteiger partial charge in [0.25, 0.3) is 0 Å². The summed E-state index contributed by atoms with van der Waals surface area (Å²) in [6.45, 7) is 8.55. The molecule has 1 aliphatic rings. The molecule has 2 nitrogen and oxygen atoms in total. The number of hydrogen-bond donors (Lipinski definition) is 0. The summed E-state index contributed by atoms with van der Waals surface area (Å²) < 4.78 is 2.45. The number of rotatable bonds is 1. The average molecular weight is 279 g/mol. The van der Waals surface area contributed by atoms with Gasteiger partial charge in [-0.2, -0.15) is 0 Å². The first kappa shape index (κ1) is 11.4. The van der Waals surface area contributed by atoms with Crippen LogP contribution in [0.2, 0.25) is 0 Å². The van der Waals surface area contributed by atoms with Gasteiger partial charge >= 0.3 is 103 Å². The molecule has 3 heteroatoms. The van der Waals surface area contributed by atoms with Crippen LogP contribution in [0.3, 0.4) is 0 Å². The maximum absolute atomic E-state index is 4.69. The molecule has 0 spiro atoms. The molecular weight excluding hydrogens is 263 g/mol. The fourth-order valence-corrected chi connectivity index (χ4v) is 3.80. The van der Waals surface area contributed by atoms with Gasteiger partial charge in [0.15, 0.2) is 0 Å². The number of amidine groups is 1. The topological polar surface area (TPSA) is 15.6 Å². The van der Waals surface area contributed by atoms with Crippen molar-refractivity contribution in [2.24, 2.45) is 4.99 Å². The first-order valence-electron chi connectivity index (χ1n) is 5.26. The van der Waals surface area contributed by atoms with Crippen molar-refractivity contribution in [2.45, 2.75) is 19.4 Å². The molecule has 1 aromatic carbocycles. The van der Waals surface area contributed by atoms with Crippen LogP contribution < -0.4 is 0 Å². The van der Waals surface area contributed by atoms with E-state index in [-0.39, 0.29) is 20.5 Å². The molecule has 0 radical (unpaired) electrons. The predicted octanol–water partition coefficient (Wildman–Crippen LogP) is 2.62. The molecule has 1 saturated heterocycles. The molecule has 1 aromatic rings. The van der Waals surface area contributed by atoms with Crippen LogP contribution in [0.25, 0.3) is 0 Å². The molecule has 0 aromatic heterocycles. The van der Waals surface area contributed by atoms with Gasteiger partial charge in [0.05, 0.1) is 0 Å². The first-order valence-corrected chi connectivity index (χ1v) is 6.98. The molecule has 0 amide bonds. The third-order valence-corrected chi connectivity index (χ3v) is 5.72. The predicted molar refractivity (Wildman–Crippen MR) is 70.3 cm³/mol. The molecule has 0 atom stereocenters. The van der Waals surface area contributed by atoms with Crippen LogP contribution in [0.5, 0.6) is 0 Å². The van der Waals surface area contributed by atoms with Crippen molar-refractivity contribution in [1.29, 1.82) is 0 Å². The molecule has 1 heterocycles. The fourth-order valence-electron chi connectivity index (χ4n) is 1.44. The number of nitrogens with zero attached hydrogens (tertiary/aromatic N) is 2. The van der Waals surface area contributed by atoms with E-state index in [2.05, 4.69) is 32.4 Å². The van der Waals surface area contributed by atoms with Crippen molar-refractivity contribution in [2.75, 3.05) is 7.05 Å². The summed E-state index contributed by atoms with van der Waals surface area (Å²) in [5.74, 6) is 0. The summed E-state index contributed by atoms with van der Waals surface area (Å²) in [6.07, 6.45) is 0. The summed E-state index contributed by atoms with van der Waals surface area (Å²) in [4.78, 5) is 6.93. The van der Waals surface area contributed by atoms with Gasteiger partial charge < -0.3 is 0 Å². The van der Waals surface area contributed by atoms with E-state index in [1.165, 1.54) is 4.47 Å². The Kier molecular flexibility index (Phi) is 2.91. The molecule has 0 saturated carbocycles. The van der Waals surface area contributed by atoms with Gasteiger partial charge in [0.1, 0.15) is 0 Å². The molecule has 0 unspecified atom stereocenters. The number of para-hydroxylation sites is 1. The summed E-state index contributed by atoms with van der Waals surface area (Å²) in [5.41, 5.74) is 1.07. The van der Waals surface area contributed by atoms with Crippen LogP contribution in [-0.2, 0) is 0 Å². The Bertz CT molecular complexity index is 435. The van der Waals surface area contributed by atoms with Gasteiger partial charge in [-0.3, -0.25) is 0 Å². The summed E-state index contributed by atoms with van der Waals surface area (Å²) in [5, 5.41) is 0. The Morgan fingerprint density at radius 2 is 1.88 bits per heavy atom. The summed E-state index contributed by atoms with van der Waals surface area (Å²) >= 11 is 0.286. The Balaban J connectivity index is 2.31. The van der Waals surface area contributed by atoms with Gasteiger partial charge in [0.2, 0.25) is 0 Å². The maximum atomic E-state index is 4.69. The van der Waals surface area contributed by atoms with Crippen LogP contribution in [0.1, 0.15) is 13.8 Å². The van der Waals surface area contributed by atoms with E-state index in [1.54, 1.807) is 0 Å². The van der Waals surface area contributed by atoms with E-state index < -0.39 is 0 Å². The third kappa shape index (κ3) is 1.93. The molecule has 1 fully saturated rings. The van der Waals surface area contributed by atoms with Crippen LogP contribution >= 0.6 is 0 Å². The van der Waals surface area contributed by atoms with Crippen LogP contribution in [-0.4, -0.2) is 37.2 Å². The Labute approximate surface area is 103 Å². The SMILES string of the molecule is C=C1[Se]C(=Nc2ccccc2)N(C)C1(C)C. The molecule has 2 rings (SSSR count). The van der Waals surface area contributed by atoms with E-state index in [4.69, 9.17) is 4.99 Å². The fraction of sp³-hybridized carbons (Fsp3) is 0.308. The monoisotopic (exact) mass is 280 g/mol. The van der Waals surface area contributed by atoms with Crippen LogP contribution in [0.4, 0.5) is 5.69 Å². The van der Waals surface area contributed by atoms with Crippen molar-refractivity contribution >= 4 is 25.4 Å². The Morgan fingerprint density at radius 1 is 1.25 bits per heavy atom. The second kappa shape index (κ2) is 4.08. The van der Waals surface area contributed by atoms with E-state index >= 15 is 0 Å². The Morgan fingerprint density at radius 3 is 2.38 bits per heavy atom. The minimum atomic E-state index is 0.0492. The van der Waals surface area contributed by atoms with Gasteiger partial charge in [-0.25, -0.2) is 0 Å². The van der Waals surface area contributed by atoms with E-state index in [0.717, 1.165) is 10.4 Å². The molecule has 0 aliphatic carbocycles. The number of aliphatic imine (C=N–C) groups is 1. The third-order valence-electron chi connectivity index (χ3n) is 3.00. The number of likely N-dealkylation sites (N-methyl/N-ethyl adjacent to an activating group) is 1. The van der Waals surface area contributed by atoms with E-state index in [0.29, 0.717) is 0 Å². The molecular formula is C13H16N2Se. The number of benzene rings is 1. The molecule has 0 bridgehead atoms. The molecule has 16 heavy (non-hydrogen) atoms. The van der Waals surface area contributed by atoms with Gasteiger partial charge in [-0.05, 0) is 0 Å². The molecule has 0 N–H and O–H groups in total. The second-order valence-electron chi connectivity index (χ2n) is 4.37. The zero-order chi connectivity index (χ0) is 11.8. The minimum absolute atomic E-state index is 0.0492. The zero-order valence-electron chi connectivity index (χ0n) is 9.90. The van der Waals surface area contributed by atoms with Crippen molar-refractivity contribution in [3.05, 3.63) is 41.4 Å². The van der Waals surface area contributed by atoms with Gasteiger partial charge in [-0.1, -0.05) is 0 Å². The summed E-state index contributed by atoms with van der Waals surface area (Å²) in [7, 11) is 2.10.